The molecule has 2 aromatic rings. The van der Waals surface area contributed by atoms with E-state index in [9.17, 15) is 0 Å². The molecular weight excluding hydrogens is 226 g/mol. The zero-order valence-electron chi connectivity index (χ0n) is 8.84. The molecule has 2 aromatic heterocycles. The summed E-state index contributed by atoms with van der Waals surface area (Å²) in [5.74, 6) is 0.630. The summed E-state index contributed by atoms with van der Waals surface area (Å²) in [6.45, 7) is 2.42. The van der Waals surface area contributed by atoms with Gasteiger partial charge in [0.2, 0.25) is 0 Å². The molecule has 1 atom stereocenters. The SMILES string of the molecule is CC(N)c1ncn(Cc2ccncc2Cl)n1. The molecule has 0 radical (unpaired) electrons. The Morgan fingerprint density at radius 3 is 3.00 bits per heavy atom. The minimum Gasteiger partial charge on any atom is -0.321 e. The largest absolute Gasteiger partial charge is 0.321 e. The summed E-state index contributed by atoms with van der Waals surface area (Å²) in [4.78, 5) is 8.03. The number of pyridine rings is 1. The fraction of sp³-hybridized carbons (Fsp3) is 0.300. The first-order valence-corrected chi connectivity index (χ1v) is 5.28. The van der Waals surface area contributed by atoms with Gasteiger partial charge in [0.25, 0.3) is 0 Å². The number of nitrogens with zero attached hydrogens (tertiary/aromatic N) is 4. The van der Waals surface area contributed by atoms with Crippen molar-refractivity contribution in [3.63, 3.8) is 0 Å². The van der Waals surface area contributed by atoms with Crippen LogP contribution in [-0.4, -0.2) is 19.7 Å². The maximum absolute atomic E-state index is 5.99. The van der Waals surface area contributed by atoms with Gasteiger partial charge in [0.15, 0.2) is 5.82 Å². The summed E-state index contributed by atoms with van der Waals surface area (Å²) in [5.41, 5.74) is 6.63. The van der Waals surface area contributed by atoms with Crippen LogP contribution in [0.2, 0.25) is 5.02 Å². The predicted octanol–water partition coefficient (Wildman–Crippen LogP) is 1.39. The summed E-state index contributed by atoms with van der Waals surface area (Å²) < 4.78 is 1.71. The van der Waals surface area contributed by atoms with Crippen molar-refractivity contribution in [2.45, 2.75) is 19.5 Å². The van der Waals surface area contributed by atoms with Crippen molar-refractivity contribution in [1.82, 2.24) is 19.7 Å². The van der Waals surface area contributed by atoms with Gasteiger partial charge in [0, 0.05) is 12.4 Å². The zero-order valence-corrected chi connectivity index (χ0v) is 9.59. The van der Waals surface area contributed by atoms with Gasteiger partial charge >= 0.3 is 0 Å². The van der Waals surface area contributed by atoms with Crippen molar-refractivity contribution in [3.05, 3.63) is 41.2 Å². The van der Waals surface area contributed by atoms with E-state index in [1.54, 1.807) is 23.4 Å². The Labute approximate surface area is 98.3 Å². The van der Waals surface area contributed by atoms with E-state index in [4.69, 9.17) is 17.3 Å². The quantitative estimate of drug-likeness (QED) is 0.876. The van der Waals surface area contributed by atoms with E-state index in [0.717, 1.165) is 5.56 Å². The Bertz CT molecular complexity index is 480. The van der Waals surface area contributed by atoms with E-state index in [0.29, 0.717) is 17.4 Å². The lowest BCUT2D eigenvalue weighted by Crippen LogP contribution is -2.08. The Morgan fingerprint density at radius 2 is 2.38 bits per heavy atom. The Morgan fingerprint density at radius 1 is 1.56 bits per heavy atom. The second kappa shape index (κ2) is 4.59. The minimum atomic E-state index is -0.158. The Kier molecular flexibility index (Phi) is 3.17. The molecule has 0 fully saturated rings. The molecule has 0 aliphatic carbocycles. The summed E-state index contributed by atoms with van der Waals surface area (Å²) >= 11 is 5.99. The van der Waals surface area contributed by atoms with Gasteiger partial charge in [-0.2, -0.15) is 5.10 Å². The second-order valence-corrected chi connectivity index (χ2v) is 3.96. The van der Waals surface area contributed by atoms with Gasteiger partial charge in [-0.1, -0.05) is 11.6 Å². The standard InChI is InChI=1S/C10H12ClN5/c1-7(12)10-14-6-16(15-10)5-8-2-3-13-4-9(8)11/h2-4,6-7H,5,12H2,1H3. The summed E-state index contributed by atoms with van der Waals surface area (Å²) in [6.07, 6.45) is 4.96. The van der Waals surface area contributed by atoms with Crippen molar-refractivity contribution >= 4 is 11.6 Å². The van der Waals surface area contributed by atoms with Crippen molar-refractivity contribution < 1.29 is 0 Å². The third-order valence-electron chi connectivity index (χ3n) is 2.15. The van der Waals surface area contributed by atoms with Gasteiger partial charge in [0.05, 0.1) is 17.6 Å². The van der Waals surface area contributed by atoms with Crippen LogP contribution in [0.15, 0.2) is 24.8 Å². The maximum Gasteiger partial charge on any atom is 0.166 e. The van der Waals surface area contributed by atoms with E-state index in [2.05, 4.69) is 15.1 Å². The fourth-order valence-corrected chi connectivity index (χ4v) is 1.48. The average molecular weight is 238 g/mol. The van der Waals surface area contributed by atoms with Crippen LogP contribution in [0, 0.1) is 0 Å². The van der Waals surface area contributed by atoms with Crippen LogP contribution in [0.4, 0.5) is 0 Å². The molecule has 0 saturated carbocycles. The molecule has 6 heteroatoms. The van der Waals surface area contributed by atoms with Crippen molar-refractivity contribution in [1.29, 1.82) is 0 Å². The fourth-order valence-electron chi connectivity index (χ4n) is 1.30. The van der Waals surface area contributed by atoms with Gasteiger partial charge in [-0.3, -0.25) is 4.98 Å². The molecule has 0 saturated heterocycles. The Balaban J connectivity index is 2.18. The molecule has 2 N–H and O–H groups in total. The third kappa shape index (κ3) is 2.37. The molecule has 2 heterocycles. The molecule has 0 aliphatic heterocycles. The van der Waals surface area contributed by atoms with E-state index >= 15 is 0 Å². The van der Waals surface area contributed by atoms with Crippen LogP contribution in [0.3, 0.4) is 0 Å². The summed E-state index contributed by atoms with van der Waals surface area (Å²) in [7, 11) is 0. The number of hydrogen-bond acceptors (Lipinski definition) is 4. The maximum atomic E-state index is 5.99. The van der Waals surface area contributed by atoms with Gasteiger partial charge in [-0.05, 0) is 18.6 Å². The molecule has 0 amide bonds. The molecule has 0 aromatic carbocycles. The highest BCUT2D eigenvalue weighted by molar-refractivity contribution is 6.31. The molecule has 16 heavy (non-hydrogen) atoms. The Hall–Kier alpha value is -1.46. The van der Waals surface area contributed by atoms with Crippen molar-refractivity contribution in [2.24, 2.45) is 5.73 Å². The van der Waals surface area contributed by atoms with Crippen molar-refractivity contribution in [3.8, 4) is 0 Å². The van der Waals surface area contributed by atoms with E-state index in [-0.39, 0.29) is 6.04 Å². The summed E-state index contributed by atoms with van der Waals surface area (Å²) in [5, 5.41) is 4.87. The smallest absolute Gasteiger partial charge is 0.166 e. The van der Waals surface area contributed by atoms with Crippen LogP contribution in [0.1, 0.15) is 24.4 Å². The molecule has 0 bridgehead atoms. The molecule has 0 spiro atoms. The van der Waals surface area contributed by atoms with Crippen molar-refractivity contribution in [2.75, 3.05) is 0 Å². The highest BCUT2D eigenvalue weighted by Crippen LogP contribution is 2.14. The average Bonchev–Trinajstić information content (AvgIpc) is 2.70. The number of halogens is 1. The van der Waals surface area contributed by atoms with Gasteiger partial charge < -0.3 is 5.73 Å². The molecule has 84 valence electrons. The highest BCUT2D eigenvalue weighted by atomic mass is 35.5. The topological polar surface area (TPSA) is 69.6 Å². The van der Waals surface area contributed by atoms with E-state index in [1.807, 2.05) is 13.0 Å². The predicted molar refractivity (Wildman–Crippen MR) is 61.0 cm³/mol. The van der Waals surface area contributed by atoms with Gasteiger partial charge in [-0.15, -0.1) is 0 Å². The first kappa shape index (κ1) is 11.0. The number of hydrogen-bond donors (Lipinski definition) is 1. The second-order valence-electron chi connectivity index (χ2n) is 3.56. The molecule has 5 nitrogen and oxygen atoms in total. The number of rotatable bonds is 3. The lowest BCUT2D eigenvalue weighted by Gasteiger charge is -2.03. The molecule has 1 unspecified atom stereocenters. The molecular formula is C10H12ClN5. The van der Waals surface area contributed by atoms with Crippen LogP contribution in [0.25, 0.3) is 0 Å². The van der Waals surface area contributed by atoms with Crippen LogP contribution in [0.5, 0.6) is 0 Å². The summed E-state index contributed by atoms with van der Waals surface area (Å²) in [6, 6.07) is 1.70. The number of aromatic nitrogens is 4. The third-order valence-corrected chi connectivity index (χ3v) is 2.49. The molecule has 0 aliphatic rings. The van der Waals surface area contributed by atoms with E-state index in [1.165, 1.54) is 0 Å². The normalized spacial score (nSPS) is 12.7. The lowest BCUT2D eigenvalue weighted by molar-refractivity contribution is 0.649. The van der Waals surface area contributed by atoms with Crippen LogP contribution >= 0.6 is 11.6 Å². The van der Waals surface area contributed by atoms with Gasteiger partial charge in [0.1, 0.15) is 6.33 Å². The zero-order chi connectivity index (χ0) is 11.5. The first-order valence-electron chi connectivity index (χ1n) is 4.90. The van der Waals surface area contributed by atoms with Crippen LogP contribution < -0.4 is 5.73 Å². The number of nitrogens with two attached hydrogens (primary N) is 1. The lowest BCUT2D eigenvalue weighted by atomic mass is 10.3. The van der Waals surface area contributed by atoms with E-state index < -0.39 is 0 Å². The van der Waals surface area contributed by atoms with Crippen LogP contribution in [-0.2, 0) is 6.54 Å². The minimum absolute atomic E-state index is 0.158. The first-order chi connectivity index (χ1) is 7.66. The van der Waals surface area contributed by atoms with Gasteiger partial charge in [-0.25, -0.2) is 9.67 Å². The highest BCUT2D eigenvalue weighted by Gasteiger charge is 2.07. The monoisotopic (exact) mass is 237 g/mol. The molecule has 2 rings (SSSR count).